The molecule has 1 atom stereocenters. The second-order valence-corrected chi connectivity index (χ2v) is 8.32. The molecule has 4 amide bonds. The predicted molar refractivity (Wildman–Crippen MR) is 119 cm³/mol. The summed E-state index contributed by atoms with van der Waals surface area (Å²) in [6.07, 6.45) is 0.403. The summed E-state index contributed by atoms with van der Waals surface area (Å²) in [5.41, 5.74) is 0.238. The molecule has 8 nitrogen and oxygen atoms in total. The van der Waals surface area contributed by atoms with E-state index in [1.807, 2.05) is 13.8 Å². The van der Waals surface area contributed by atoms with Crippen LogP contribution in [-0.2, 0) is 15.1 Å². The van der Waals surface area contributed by atoms with Crippen LogP contribution in [-0.4, -0.2) is 42.2 Å². The van der Waals surface area contributed by atoms with Gasteiger partial charge in [-0.2, -0.15) is 0 Å². The van der Waals surface area contributed by atoms with Crippen molar-refractivity contribution in [3.05, 3.63) is 59.7 Å². The standard InChI is InChI=1S/C24H27N3O5/c1-15(2)13-21(29)25-18-9-5-16(6-10-18)20(28)14-27-22(30)24(3,26-23(27)31)17-7-11-19(32-4)12-8-17/h5-12,15H,13-14H2,1-4H3,(H,25,29)(H,26,31). The van der Waals surface area contributed by atoms with E-state index in [0.29, 0.717) is 29.0 Å². The number of carbonyl (C=O) groups is 4. The lowest BCUT2D eigenvalue weighted by Gasteiger charge is -2.22. The Bertz CT molecular complexity index is 1030. The largest absolute Gasteiger partial charge is 0.497 e. The lowest BCUT2D eigenvalue weighted by atomic mass is 9.92. The summed E-state index contributed by atoms with van der Waals surface area (Å²) in [4.78, 5) is 51.1. The number of rotatable bonds is 8. The minimum Gasteiger partial charge on any atom is -0.497 e. The van der Waals surface area contributed by atoms with E-state index in [0.717, 1.165) is 4.90 Å². The molecule has 1 aliphatic rings. The third-order valence-corrected chi connectivity index (χ3v) is 5.33. The Morgan fingerprint density at radius 3 is 2.25 bits per heavy atom. The first-order valence-corrected chi connectivity index (χ1v) is 10.4. The van der Waals surface area contributed by atoms with Crippen LogP contribution in [0, 0.1) is 5.92 Å². The van der Waals surface area contributed by atoms with Gasteiger partial charge in [0.05, 0.1) is 13.7 Å². The van der Waals surface area contributed by atoms with E-state index in [2.05, 4.69) is 10.6 Å². The summed E-state index contributed by atoms with van der Waals surface area (Å²) in [7, 11) is 1.54. The number of ether oxygens (including phenoxy) is 1. The molecule has 0 bridgehead atoms. The van der Waals surface area contributed by atoms with E-state index in [4.69, 9.17) is 4.74 Å². The van der Waals surface area contributed by atoms with Crippen molar-refractivity contribution in [2.45, 2.75) is 32.7 Å². The lowest BCUT2D eigenvalue weighted by molar-refractivity contribution is -0.130. The van der Waals surface area contributed by atoms with E-state index in [1.54, 1.807) is 62.6 Å². The van der Waals surface area contributed by atoms with Crippen LogP contribution in [0.1, 0.15) is 43.1 Å². The monoisotopic (exact) mass is 437 g/mol. The lowest BCUT2D eigenvalue weighted by Crippen LogP contribution is -2.41. The summed E-state index contributed by atoms with van der Waals surface area (Å²) >= 11 is 0. The van der Waals surface area contributed by atoms with Crippen LogP contribution in [0.2, 0.25) is 0 Å². The topological polar surface area (TPSA) is 105 Å². The number of ketones is 1. The Labute approximate surface area is 186 Å². The van der Waals surface area contributed by atoms with Gasteiger partial charge in [0.1, 0.15) is 11.3 Å². The molecular weight excluding hydrogens is 410 g/mol. The smallest absolute Gasteiger partial charge is 0.325 e. The second-order valence-electron chi connectivity index (χ2n) is 8.32. The molecule has 1 fully saturated rings. The summed E-state index contributed by atoms with van der Waals surface area (Å²) in [5, 5.41) is 5.46. The fraction of sp³-hybridized carbons (Fsp3) is 0.333. The summed E-state index contributed by atoms with van der Waals surface area (Å²) in [5.74, 6) is -0.115. The van der Waals surface area contributed by atoms with Crippen LogP contribution in [0.15, 0.2) is 48.5 Å². The maximum atomic E-state index is 13.0. The highest BCUT2D eigenvalue weighted by molar-refractivity contribution is 6.11. The number of nitrogens with one attached hydrogen (secondary N) is 2. The summed E-state index contributed by atoms with van der Waals surface area (Å²) < 4.78 is 5.13. The zero-order chi connectivity index (χ0) is 23.5. The normalized spacial score (nSPS) is 18.0. The number of anilines is 1. The van der Waals surface area contributed by atoms with Gasteiger partial charge in [0.2, 0.25) is 5.91 Å². The molecule has 0 aromatic heterocycles. The van der Waals surface area contributed by atoms with Gasteiger partial charge in [-0.1, -0.05) is 26.0 Å². The van der Waals surface area contributed by atoms with E-state index >= 15 is 0 Å². The van der Waals surface area contributed by atoms with Crippen LogP contribution in [0.4, 0.5) is 10.5 Å². The second kappa shape index (κ2) is 9.21. The first-order chi connectivity index (χ1) is 15.1. The van der Waals surface area contributed by atoms with Gasteiger partial charge in [-0.15, -0.1) is 0 Å². The van der Waals surface area contributed by atoms with Crippen LogP contribution in [0.25, 0.3) is 0 Å². The number of Topliss-reactive ketones (excluding diaryl/α,β-unsaturated/α-hetero) is 1. The van der Waals surface area contributed by atoms with E-state index < -0.39 is 17.5 Å². The van der Waals surface area contributed by atoms with E-state index in [-0.39, 0.29) is 24.2 Å². The minimum atomic E-state index is -1.27. The zero-order valence-electron chi connectivity index (χ0n) is 18.6. The highest BCUT2D eigenvalue weighted by Crippen LogP contribution is 2.30. The SMILES string of the molecule is COc1ccc(C2(C)NC(=O)N(CC(=O)c3ccc(NC(=O)CC(C)C)cc3)C2=O)cc1. The Morgan fingerprint density at radius 1 is 1.06 bits per heavy atom. The Balaban J connectivity index is 1.68. The van der Waals surface area contributed by atoms with Crippen molar-refractivity contribution >= 4 is 29.3 Å². The third kappa shape index (κ3) is 4.80. The molecule has 3 rings (SSSR count). The maximum absolute atomic E-state index is 13.0. The molecule has 0 aliphatic carbocycles. The molecule has 0 spiro atoms. The van der Waals surface area contributed by atoms with E-state index in [9.17, 15) is 19.2 Å². The van der Waals surface area contributed by atoms with Crippen LogP contribution < -0.4 is 15.4 Å². The van der Waals surface area contributed by atoms with Gasteiger partial charge in [0.25, 0.3) is 5.91 Å². The van der Waals surface area contributed by atoms with Gasteiger partial charge in [-0.05, 0) is 54.8 Å². The number of benzene rings is 2. The van der Waals surface area contributed by atoms with Crippen molar-refractivity contribution in [3.63, 3.8) is 0 Å². The number of amides is 4. The summed E-state index contributed by atoms with van der Waals surface area (Å²) in [6.45, 7) is 5.14. The number of imide groups is 1. The van der Waals surface area contributed by atoms with Gasteiger partial charge in [-0.25, -0.2) is 4.79 Å². The Kier molecular flexibility index (Phi) is 6.62. The molecule has 32 heavy (non-hydrogen) atoms. The van der Waals surface area contributed by atoms with Gasteiger partial charge in [0, 0.05) is 17.7 Å². The Hall–Kier alpha value is -3.68. The highest BCUT2D eigenvalue weighted by Gasteiger charge is 2.49. The molecule has 1 saturated heterocycles. The van der Waals surface area contributed by atoms with Crippen molar-refractivity contribution < 1.29 is 23.9 Å². The van der Waals surface area contributed by atoms with Crippen molar-refractivity contribution in [1.82, 2.24) is 10.2 Å². The zero-order valence-corrected chi connectivity index (χ0v) is 18.6. The van der Waals surface area contributed by atoms with Crippen LogP contribution in [0.3, 0.4) is 0 Å². The molecule has 0 saturated carbocycles. The van der Waals surface area contributed by atoms with Gasteiger partial charge in [-0.3, -0.25) is 19.3 Å². The average molecular weight is 437 g/mol. The maximum Gasteiger partial charge on any atom is 0.325 e. The third-order valence-electron chi connectivity index (χ3n) is 5.33. The van der Waals surface area contributed by atoms with Crippen molar-refractivity contribution in [1.29, 1.82) is 0 Å². The first kappa shape index (κ1) is 23.0. The molecule has 2 aromatic rings. The van der Waals surface area contributed by atoms with E-state index in [1.165, 1.54) is 0 Å². The first-order valence-electron chi connectivity index (χ1n) is 10.4. The quantitative estimate of drug-likeness (QED) is 0.487. The fourth-order valence-corrected chi connectivity index (χ4v) is 3.52. The molecular formula is C24H27N3O5. The number of hydrogen-bond donors (Lipinski definition) is 2. The van der Waals surface area contributed by atoms with Crippen molar-refractivity contribution in [2.75, 3.05) is 19.0 Å². The summed E-state index contributed by atoms with van der Waals surface area (Å²) in [6, 6.07) is 12.6. The molecule has 168 valence electrons. The Morgan fingerprint density at radius 2 is 1.69 bits per heavy atom. The molecule has 0 radical (unpaired) electrons. The molecule has 1 aliphatic heterocycles. The van der Waals surface area contributed by atoms with Crippen molar-refractivity contribution in [3.8, 4) is 5.75 Å². The number of nitrogens with zero attached hydrogens (tertiary/aromatic N) is 1. The van der Waals surface area contributed by atoms with Gasteiger partial charge >= 0.3 is 6.03 Å². The van der Waals surface area contributed by atoms with Gasteiger partial charge < -0.3 is 15.4 Å². The highest BCUT2D eigenvalue weighted by atomic mass is 16.5. The van der Waals surface area contributed by atoms with Gasteiger partial charge in [0.15, 0.2) is 5.78 Å². The predicted octanol–water partition coefficient (Wildman–Crippen LogP) is 3.33. The number of hydrogen-bond acceptors (Lipinski definition) is 5. The fourth-order valence-electron chi connectivity index (χ4n) is 3.52. The number of urea groups is 1. The average Bonchev–Trinajstić information content (AvgIpc) is 2.97. The number of methoxy groups -OCH3 is 1. The van der Waals surface area contributed by atoms with Crippen LogP contribution >= 0.6 is 0 Å². The molecule has 1 heterocycles. The molecule has 2 N–H and O–H groups in total. The van der Waals surface area contributed by atoms with Crippen LogP contribution in [0.5, 0.6) is 5.75 Å². The minimum absolute atomic E-state index is 0.101. The van der Waals surface area contributed by atoms with Crippen molar-refractivity contribution in [2.24, 2.45) is 5.92 Å². The number of carbonyl (C=O) groups excluding carboxylic acids is 4. The molecule has 8 heteroatoms. The molecule has 2 aromatic carbocycles. The molecule has 1 unspecified atom stereocenters.